The first-order chi connectivity index (χ1) is 12.9. The Hall–Kier alpha value is -2.37. The predicted molar refractivity (Wildman–Crippen MR) is 109 cm³/mol. The minimum atomic E-state index is -0.139. The Bertz CT molecular complexity index is 735. The monoisotopic (exact) mass is 388 g/mol. The lowest BCUT2D eigenvalue weighted by Gasteiger charge is -2.17. The molecule has 2 aromatic rings. The van der Waals surface area contributed by atoms with Gasteiger partial charge in [-0.25, -0.2) is 0 Å². The summed E-state index contributed by atoms with van der Waals surface area (Å²) in [6, 6.07) is 17.2. The van der Waals surface area contributed by atoms with Crippen LogP contribution < -0.4 is 15.5 Å². The van der Waals surface area contributed by atoms with Crippen molar-refractivity contribution >= 4 is 29.1 Å². The second-order valence-corrected chi connectivity index (χ2v) is 7.30. The smallest absolute Gasteiger partial charge is 0.279 e. The van der Waals surface area contributed by atoms with E-state index >= 15 is 0 Å². The zero-order valence-corrected chi connectivity index (χ0v) is 16.6. The molecule has 2 aromatic carbocycles. The quantitative estimate of drug-likeness (QED) is 0.614. The van der Waals surface area contributed by atoms with Crippen LogP contribution in [-0.4, -0.2) is 38.0 Å². The Balaban J connectivity index is 1.67. The number of likely N-dealkylation sites (N-methyl/N-ethyl adjacent to an activating group) is 1. The van der Waals surface area contributed by atoms with Gasteiger partial charge in [-0.15, -0.1) is 0 Å². The average molecular weight is 389 g/mol. The summed E-state index contributed by atoms with van der Waals surface area (Å²) < 4.78 is 0. The Morgan fingerprint density at radius 3 is 2.30 bits per heavy atom. The van der Waals surface area contributed by atoms with Crippen LogP contribution in [0.25, 0.3) is 0 Å². The molecule has 1 unspecified atom stereocenters. The largest absolute Gasteiger partial charge is 0.349 e. The Morgan fingerprint density at radius 2 is 1.63 bits per heavy atom. The molecule has 6 heteroatoms. The maximum absolute atomic E-state index is 12.2. The number of anilines is 1. The van der Waals surface area contributed by atoms with Crippen LogP contribution in [0.5, 0.6) is 0 Å². The van der Waals surface area contributed by atoms with Gasteiger partial charge in [0, 0.05) is 16.8 Å². The Labute approximate surface area is 165 Å². The van der Waals surface area contributed by atoms with Gasteiger partial charge in [-0.1, -0.05) is 41.9 Å². The summed E-state index contributed by atoms with van der Waals surface area (Å²) >= 11 is 5.83. The van der Waals surface area contributed by atoms with Crippen LogP contribution in [0.1, 0.15) is 18.9 Å². The minimum absolute atomic E-state index is 0.0487. The first kappa shape index (κ1) is 20.9. The number of carbonyl (C=O) groups excluding carboxylic acids is 2. The van der Waals surface area contributed by atoms with Crippen molar-refractivity contribution < 1.29 is 14.5 Å². The molecule has 0 aromatic heterocycles. The summed E-state index contributed by atoms with van der Waals surface area (Å²) in [5.74, 6) is -0.188. The maximum atomic E-state index is 12.2. The molecule has 2 amide bonds. The third-order valence-corrected chi connectivity index (χ3v) is 4.42. The van der Waals surface area contributed by atoms with Crippen molar-refractivity contribution in [1.29, 1.82) is 0 Å². The highest BCUT2D eigenvalue weighted by Gasteiger charge is 2.16. The number of halogens is 1. The number of benzene rings is 2. The number of nitrogens with one attached hydrogen (secondary N) is 3. The van der Waals surface area contributed by atoms with Crippen molar-refractivity contribution in [2.75, 3.05) is 25.5 Å². The van der Waals surface area contributed by atoms with Crippen molar-refractivity contribution in [1.82, 2.24) is 5.32 Å². The van der Waals surface area contributed by atoms with Crippen LogP contribution in [0.2, 0.25) is 5.02 Å². The average Bonchev–Trinajstić information content (AvgIpc) is 2.62. The lowest BCUT2D eigenvalue weighted by Crippen LogP contribution is -3.11. The highest BCUT2D eigenvalue weighted by atomic mass is 35.5. The molecule has 0 saturated carbocycles. The maximum Gasteiger partial charge on any atom is 0.279 e. The van der Waals surface area contributed by atoms with E-state index < -0.39 is 0 Å². The van der Waals surface area contributed by atoms with E-state index in [0.29, 0.717) is 10.7 Å². The van der Waals surface area contributed by atoms with Crippen LogP contribution in [0.3, 0.4) is 0 Å². The lowest BCUT2D eigenvalue weighted by atomic mass is 10.1. The van der Waals surface area contributed by atoms with Crippen molar-refractivity contribution in [2.24, 2.45) is 0 Å². The van der Waals surface area contributed by atoms with Gasteiger partial charge in [-0.3, -0.25) is 9.59 Å². The summed E-state index contributed by atoms with van der Waals surface area (Å²) in [7, 11) is 1.83. The number of rotatable bonds is 9. The van der Waals surface area contributed by atoms with Gasteiger partial charge < -0.3 is 15.5 Å². The third kappa shape index (κ3) is 8.24. The van der Waals surface area contributed by atoms with Crippen molar-refractivity contribution in [3.05, 3.63) is 65.2 Å². The molecule has 0 aliphatic heterocycles. The van der Waals surface area contributed by atoms with Crippen LogP contribution in [0.4, 0.5) is 5.69 Å². The molecule has 2 atom stereocenters. The van der Waals surface area contributed by atoms with Crippen LogP contribution in [-0.2, 0) is 16.0 Å². The van der Waals surface area contributed by atoms with Gasteiger partial charge in [0.2, 0.25) is 0 Å². The van der Waals surface area contributed by atoms with E-state index in [9.17, 15) is 9.59 Å². The molecule has 0 aliphatic rings. The molecule has 0 saturated heterocycles. The number of amides is 2. The van der Waals surface area contributed by atoms with Gasteiger partial charge in [0.25, 0.3) is 11.8 Å². The Morgan fingerprint density at radius 1 is 1.00 bits per heavy atom. The number of hydrogen-bond acceptors (Lipinski definition) is 2. The zero-order valence-electron chi connectivity index (χ0n) is 15.8. The number of hydrogen-bond donors (Lipinski definition) is 3. The molecule has 0 aliphatic carbocycles. The first-order valence-electron chi connectivity index (χ1n) is 9.12. The molecular weight excluding hydrogens is 362 g/mol. The summed E-state index contributed by atoms with van der Waals surface area (Å²) in [6.45, 7) is 2.47. The molecule has 3 N–H and O–H groups in total. The normalized spacial score (nSPS) is 12.9. The molecule has 27 heavy (non-hydrogen) atoms. The van der Waals surface area contributed by atoms with E-state index in [1.54, 1.807) is 24.3 Å². The summed E-state index contributed by atoms with van der Waals surface area (Å²) in [5.41, 5.74) is 1.95. The van der Waals surface area contributed by atoms with Crippen LogP contribution in [0, 0.1) is 0 Å². The minimum Gasteiger partial charge on any atom is -0.349 e. The standard InChI is InChI=1S/C21H26ClN3O2/c1-16(8-9-17-6-4-3-5-7-17)23-20(26)14-25(2)15-21(27)24-19-12-10-18(22)11-13-19/h3-7,10-13,16H,8-9,14-15H2,1-2H3,(H,23,26)(H,24,27)/p+1/t16-/m0/s1. The van der Waals surface area contributed by atoms with Gasteiger partial charge in [-0.05, 0) is 49.6 Å². The molecule has 0 bridgehead atoms. The van der Waals surface area contributed by atoms with Gasteiger partial charge in [0.1, 0.15) is 0 Å². The highest BCUT2D eigenvalue weighted by Crippen LogP contribution is 2.12. The SMILES string of the molecule is C[C@@H](CCc1ccccc1)NC(=O)C[NH+](C)CC(=O)Nc1ccc(Cl)cc1. The summed E-state index contributed by atoms with van der Waals surface area (Å²) in [5, 5.41) is 6.43. The number of carbonyl (C=O) groups is 2. The molecule has 0 radical (unpaired) electrons. The van der Waals surface area contributed by atoms with Gasteiger partial charge in [0.15, 0.2) is 13.1 Å². The fourth-order valence-corrected chi connectivity index (χ4v) is 2.90. The van der Waals surface area contributed by atoms with Gasteiger partial charge in [0.05, 0.1) is 7.05 Å². The van der Waals surface area contributed by atoms with Crippen molar-refractivity contribution in [2.45, 2.75) is 25.8 Å². The molecule has 0 fully saturated rings. The molecule has 144 valence electrons. The number of aryl methyl sites for hydroxylation is 1. The van der Waals surface area contributed by atoms with Crippen LogP contribution >= 0.6 is 11.6 Å². The van der Waals surface area contributed by atoms with E-state index in [4.69, 9.17) is 11.6 Å². The van der Waals surface area contributed by atoms with E-state index in [0.717, 1.165) is 17.7 Å². The van der Waals surface area contributed by atoms with E-state index in [2.05, 4.69) is 22.8 Å². The van der Waals surface area contributed by atoms with Gasteiger partial charge in [-0.2, -0.15) is 0 Å². The van der Waals surface area contributed by atoms with Crippen molar-refractivity contribution in [3.63, 3.8) is 0 Å². The van der Waals surface area contributed by atoms with E-state index in [1.165, 1.54) is 5.56 Å². The van der Waals surface area contributed by atoms with E-state index in [-0.39, 0.29) is 30.9 Å². The molecular formula is C21H27ClN3O2+. The lowest BCUT2D eigenvalue weighted by molar-refractivity contribution is -0.862. The second kappa shape index (κ2) is 10.7. The van der Waals surface area contributed by atoms with Crippen LogP contribution in [0.15, 0.2) is 54.6 Å². The molecule has 0 heterocycles. The van der Waals surface area contributed by atoms with E-state index in [1.807, 2.05) is 32.2 Å². The van der Waals surface area contributed by atoms with Gasteiger partial charge >= 0.3 is 0 Å². The zero-order chi connectivity index (χ0) is 19.6. The topological polar surface area (TPSA) is 62.6 Å². The summed E-state index contributed by atoms with van der Waals surface area (Å²) in [6.07, 6.45) is 1.81. The summed E-state index contributed by atoms with van der Waals surface area (Å²) in [4.78, 5) is 25.1. The molecule has 5 nitrogen and oxygen atoms in total. The molecule has 0 spiro atoms. The molecule has 2 rings (SSSR count). The number of quaternary nitrogens is 1. The fraction of sp³-hybridized carbons (Fsp3) is 0.333. The fourth-order valence-electron chi connectivity index (χ4n) is 2.77. The first-order valence-corrected chi connectivity index (χ1v) is 9.50. The van der Waals surface area contributed by atoms with Crippen molar-refractivity contribution in [3.8, 4) is 0 Å². The third-order valence-electron chi connectivity index (χ3n) is 4.17. The predicted octanol–water partition coefficient (Wildman–Crippen LogP) is 1.93. The second-order valence-electron chi connectivity index (χ2n) is 6.86. The highest BCUT2D eigenvalue weighted by molar-refractivity contribution is 6.30. The Kier molecular flexibility index (Phi) is 8.30.